The van der Waals surface area contributed by atoms with Crippen LogP contribution in [0.25, 0.3) is 0 Å². The molecule has 3 aromatic rings. The van der Waals surface area contributed by atoms with Gasteiger partial charge >= 0.3 is 18.9 Å². The quantitative estimate of drug-likeness (QED) is 0.377. The molecule has 278 valence electrons. The molecule has 3 aliphatic heterocycles. The second-order valence-electron chi connectivity index (χ2n) is 10.9. The van der Waals surface area contributed by atoms with Gasteiger partial charge in [-0.3, -0.25) is 14.4 Å². The third-order valence-electron chi connectivity index (χ3n) is 8.23. The van der Waals surface area contributed by atoms with E-state index in [1.807, 2.05) is 111 Å². The minimum Gasteiger partial charge on any atom is -1.00 e. The van der Waals surface area contributed by atoms with Gasteiger partial charge in [-0.15, -0.1) is 0 Å². The second kappa shape index (κ2) is 26.8. The maximum atomic E-state index is 12.1. The maximum absolute atomic E-state index is 12.1. The van der Waals surface area contributed by atoms with Crippen molar-refractivity contribution in [3.8, 4) is 17.2 Å². The van der Waals surface area contributed by atoms with Gasteiger partial charge in [0, 0.05) is 0 Å². The molecule has 6 rings (SSSR count). The average Bonchev–Trinajstić information content (AvgIpc) is 3.16. The van der Waals surface area contributed by atoms with Gasteiger partial charge in [0.1, 0.15) is 35.6 Å². The molecular weight excluding hydrogens is 654 g/mol. The van der Waals surface area contributed by atoms with E-state index < -0.39 is 12.0 Å². The zero-order valence-electron chi connectivity index (χ0n) is 33.1. The Morgan fingerprint density at radius 3 is 1.31 bits per heavy atom. The van der Waals surface area contributed by atoms with E-state index in [-0.39, 0.29) is 92.3 Å². The molecule has 0 aromatic heterocycles. The summed E-state index contributed by atoms with van der Waals surface area (Å²) in [6.07, 6.45) is 1.14. The number of ether oxygens (including phenoxy) is 3. The molecule has 3 aromatic carbocycles. The van der Waals surface area contributed by atoms with Crippen molar-refractivity contribution in [3.63, 3.8) is 0 Å². The summed E-state index contributed by atoms with van der Waals surface area (Å²) in [5.74, 6) is 1.55. The number of ketones is 3. The predicted octanol–water partition coefficient (Wildman–Crippen LogP) is 4.60. The molecule has 0 bridgehead atoms. The minimum absolute atomic E-state index is 0. The molecule has 0 unspecified atom stereocenters. The molecule has 10 heteroatoms. The van der Waals surface area contributed by atoms with E-state index in [1.54, 1.807) is 24.3 Å². The minimum atomic E-state index is -0.662. The van der Waals surface area contributed by atoms with Crippen molar-refractivity contribution in [2.45, 2.75) is 100 Å². The molecule has 2 N–H and O–H groups in total. The van der Waals surface area contributed by atoms with Crippen LogP contribution in [0.1, 0.15) is 115 Å². The molecule has 0 amide bonds. The van der Waals surface area contributed by atoms with Gasteiger partial charge in [0.25, 0.3) is 0 Å². The molecule has 51 heavy (non-hydrogen) atoms. The number of Topliss-reactive ketones (excluding diaryl/α,β-unsaturated/α-hetero) is 3. The number of hydrogen-bond acceptors (Lipinski definition) is 8. The van der Waals surface area contributed by atoms with Crippen molar-refractivity contribution in [2.75, 3.05) is 13.2 Å². The van der Waals surface area contributed by atoms with Crippen LogP contribution in [0.4, 0.5) is 0 Å². The Hall–Kier alpha value is -2.88. The summed E-state index contributed by atoms with van der Waals surface area (Å²) >= 11 is 0. The van der Waals surface area contributed by atoms with E-state index in [0.29, 0.717) is 16.9 Å². The van der Waals surface area contributed by atoms with Gasteiger partial charge in [-0.1, -0.05) is 98.7 Å². The third-order valence-corrected chi connectivity index (χ3v) is 8.23. The normalized spacial score (nSPS) is 21.5. The average molecular weight is 717 g/mol. The first-order chi connectivity index (χ1) is 23.7. The Morgan fingerprint density at radius 1 is 0.549 bits per heavy atom. The van der Waals surface area contributed by atoms with Gasteiger partial charge in [-0.05, 0) is 56.2 Å². The van der Waals surface area contributed by atoms with Gasteiger partial charge in [-0.2, -0.15) is 0 Å². The summed E-state index contributed by atoms with van der Waals surface area (Å²) in [4.78, 5) is 35.8. The summed E-state index contributed by atoms with van der Waals surface area (Å²) in [7, 11) is 0. The van der Waals surface area contributed by atoms with Crippen molar-refractivity contribution < 1.29 is 59.1 Å². The van der Waals surface area contributed by atoms with E-state index in [2.05, 4.69) is 6.92 Å². The van der Waals surface area contributed by atoms with Crippen LogP contribution in [0.3, 0.4) is 0 Å². The molecule has 0 radical (unpaired) electrons. The van der Waals surface area contributed by atoms with Crippen molar-refractivity contribution in [2.24, 2.45) is 17.8 Å². The first kappa shape index (κ1) is 50.2. The predicted molar refractivity (Wildman–Crippen MR) is 207 cm³/mol. The Labute approximate surface area is 330 Å². The summed E-state index contributed by atoms with van der Waals surface area (Å²) in [5.41, 5.74) is 1.93. The van der Waals surface area contributed by atoms with Crippen molar-refractivity contribution in [1.82, 2.24) is 0 Å². The van der Waals surface area contributed by atoms with Crippen LogP contribution in [0, 0.1) is 17.8 Å². The third kappa shape index (κ3) is 12.9. The van der Waals surface area contributed by atoms with Crippen LogP contribution in [0.15, 0.2) is 72.8 Å². The molecule has 3 aliphatic rings. The van der Waals surface area contributed by atoms with E-state index in [4.69, 9.17) is 24.4 Å². The van der Waals surface area contributed by atoms with E-state index in [1.165, 1.54) is 0 Å². The number of aliphatic hydroxyl groups excluding tert-OH is 2. The topological polar surface area (TPSA) is 119 Å². The number of carbonyl (C=O) groups is 3. The van der Waals surface area contributed by atoms with Gasteiger partial charge < -0.3 is 25.9 Å². The zero-order chi connectivity index (χ0) is 37.1. The second-order valence-corrected chi connectivity index (χ2v) is 10.9. The van der Waals surface area contributed by atoms with Crippen LogP contribution in [-0.2, 0) is 0 Å². The molecule has 0 fully saturated rings. The Bertz CT molecular complexity index is 1380. The number of carbonyl (C=O) groups excluding carboxylic acids is 3. The molecule has 0 aliphatic carbocycles. The Balaban J connectivity index is -0.000000629. The maximum Gasteiger partial charge on any atom is 1.00 e. The Morgan fingerprint density at radius 2 is 0.922 bits per heavy atom. The molecule has 0 spiro atoms. The Kier molecular flexibility index (Phi) is 26.4. The number of fused-ring (bicyclic) bond motifs is 3. The number of hydrogen-bond donors (Lipinski definition) is 2. The number of benzene rings is 3. The largest absolute Gasteiger partial charge is 1.00 e. The first-order valence-corrected chi connectivity index (χ1v) is 17.9. The zero-order valence-corrected chi connectivity index (χ0v) is 32.1. The van der Waals surface area contributed by atoms with Gasteiger partial charge in [-0.25, -0.2) is 0 Å². The van der Waals surface area contributed by atoms with Crippen LogP contribution in [-0.4, -0.2) is 76.4 Å². The standard InChI is InChI=1S/C13H16O2.C11H12O4.C11H12O2.3C2H6.Al.Li.4H/c1-3-9-11(4-2)15-12-8-6-5-7-10(12)13(9)14;12-5-8-10(6-13)15-9-4-2-1-3-7(9)11(8)14;1-7-8(2)13-10-6-4-3-5-9(10)11(7)12;3*1-2;;;;;;/h5-9,11H,3-4H2,1-2H3;1-4,8,10,12-13H,5-6H2;3-8H,1-2H3;3*1-2H3;;;;;;/q;;;;;;;+1;;;;-1/t9-,11-;8-,10-;7-,8-;;;;;;;;;/m111........./s1. The van der Waals surface area contributed by atoms with E-state index in [0.717, 1.165) is 29.9 Å². The van der Waals surface area contributed by atoms with Crippen LogP contribution >= 0.6 is 0 Å². The monoisotopic (exact) mass is 716 g/mol. The molecule has 6 atom stereocenters. The molecule has 0 saturated heterocycles. The number of rotatable bonds is 4. The van der Waals surface area contributed by atoms with Crippen molar-refractivity contribution in [3.05, 3.63) is 89.5 Å². The smallest absolute Gasteiger partial charge is 1.00 e. The molecule has 3 heterocycles. The van der Waals surface area contributed by atoms with Gasteiger partial charge in [0.05, 0.1) is 47.7 Å². The van der Waals surface area contributed by atoms with E-state index in [9.17, 15) is 14.4 Å². The summed E-state index contributed by atoms with van der Waals surface area (Å²) < 4.78 is 16.9. The van der Waals surface area contributed by atoms with Crippen LogP contribution in [0.5, 0.6) is 17.2 Å². The van der Waals surface area contributed by atoms with Crippen LogP contribution < -0.4 is 33.1 Å². The molecular formula is C41H62AlLiO8. The summed E-state index contributed by atoms with van der Waals surface area (Å²) in [6, 6.07) is 21.8. The van der Waals surface area contributed by atoms with Gasteiger partial charge in [0.2, 0.25) is 0 Å². The fraction of sp³-hybridized carbons (Fsp3) is 0.488. The van der Waals surface area contributed by atoms with E-state index >= 15 is 0 Å². The fourth-order valence-corrected chi connectivity index (χ4v) is 5.49. The van der Waals surface area contributed by atoms with Gasteiger partial charge in [0.15, 0.2) is 34.7 Å². The molecule has 0 saturated carbocycles. The van der Waals surface area contributed by atoms with Crippen LogP contribution in [0.2, 0.25) is 0 Å². The molecule has 8 nitrogen and oxygen atoms in total. The first-order valence-electron chi connectivity index (χ1n) is 17.9. The summed E-state index contributed by atoms with van der Waals surface area (Å²) in [5, 5.41) is 18.1. The number of aliphatic hydroxyl groups is 2. The summed E-state index contributed by atoms with van der Waals surface area (Å²) in [6.45, 7) is 19.4. The SMILES string of the molecule is CC.CC.CC.CC[C@H]1Oc2ccccc2C(=O)[C@@H]1CC.C[C@H]1Oc2ccccc2C(=O)[C@@H]1C.O=C1c2ccccc2O[C@H](CO)[C@H]1CO.[AlH3].[H-].[Li+]. The fourth-order valence-electron chi connectivity index (χ4n) is 5.49. The number of para-hydroxylation sites is 3. The van der Waals surface area contributed by atoms with Crippen molar-refractivity contribution >= 4 is 34.7 Å². The van der Waals surface area contributed by atoms with Crippen molar-refractivity contribution in [1.29, 1.82) is 0 Å².